The molecule has 0 fully saturated rings. The molecule has 1 N–H and O–H groups in total. The lowest BCUT2D eigenvalue weighted by Gasteiger charge is -2.34. The van der Waals surface area contributed by atoms with Crippen LogP contribution in [-0.4, -0.2) is 9.67 Å². The number of nitrogens with zero attached hydrogens (tertiary/aromatic N) is 1. The van der Waals surface area contributed by atoms with Crippen molar-refractivity contribution in [2.45, 2.75) is 39.7 Å². The van der Waals surface area contributed by atoms with Gasteiger partial charge in [0, 0.05) is 28.2 Å². The number of hydrogen-bond acceptors (Lipinski definition) is 1. The van der Waals surface area contributed by atoms with E-state index in [9.17, 15) is 5.11 Å². The van der Waals surface area contributed by atoms with Crippen LogP contribution < -0.4 is 0 Å². The van der Waals surface area contributed by atoms with Gasteiger partial charge in [0.2, 0.25) is 0 Å². The average Bonchev–Trinajstić information content (AvgIpc) is 2.71. The van der Waals surface area contributed by atoms with E-state index in [0.29, 0.717) is 0 Å². The second kappa shape index (κ2) is 4.64. The van der Waals surface area contributed by atoms with Crippen LogP contribution in [-0.2, 0) is 6.42 Å². The predicted molar refractivity (Wildman–Crippen MR) is 82.6 cm³/mol. The summed E-state index contributed by atoms with van der Waals surface area (Å²) in [6.45, 7) is 6.49. The van der Waals surface area contributed by atoms with Gasteiger partial charge in [-0.25, -0.2) is 0 Å². The average molecular weight is 290 g/mol. The van der Waals surface area contributed by atoms with Gasteiger partial charge in [0.1, 0.15) is 0 Å². The summed E-state index contributed by atoms with van der Waals surface area (Å²) in [4.78, 5) is 0. The van der Waals surface area contributed by atoms with Gasteiger partial charge in [0.15, 0.2) is 0 Å². The zero-order valence-electron chi connectivity index (χ0n) is 12.2. The molecule has 1 aromatic carbocycles. The lowest BCUT2D eigenvalue weighted by atomic mass is 9.75. The number of aliphatic hydroxyl groups excluding tert-OH is 1. The molecule has 0 aliphatic heterocycles. The molecule has 0 bridgehead atoms. The Morgan fingerprint density at radius 1 is 1.30 bits per heavy atom. The summed E-state index contributed by atoms with van der Waals surface area (Å²) in [7, 11) is 0. The van der Waals surface area contributed by atoms with E-state index < -0.39 is 0 Å². The van der Waals surface area contributed by atoms with E-state index in [4.69, 9.17) is 11.6 Å². The van der Waals surface area contributed by atoms with Crippen molar-refractivity contribution in [3.63, 3.8) is 0 Å². The van der Waals surface area contributed by atoms with E-state index in [2.05, 4.69) is 31.5 Å². The van der Waals surface area contributed by atoms with Gasteiger partial charge in [-0.05, 0) is 55.0 Å². The lowest BCUT2D eigenvalue weighted by Crippen LogP contribution is -2.26. The van der Waals surface area contributed by atoms with Crippen LogP contribution in [0.4, 0.5) is 0 Å². The molecule has 0 radical (unpaired) electrons. The summed E-state index contributed by atoms with van der Waals surface area (Å²) in [6, 6.07) is 7.99. The second-order valence-corrected chi connectivity index (χ2v) is 7.02. The minimum absolute atomic E-state index is 0.128. The quantitative estimate of drug-likeness (QED) is 0.824. The topological polar surface area (TPSA) is 25.2 Å². The SMILES string of the molecule is Cc1cc(Cl)ccc1-n1ccc2c1CC(C)(C)CC2O. The Hall–Kier alpha value is -1.25. The molecular weight excluding hydrogens is 270 g/mol. The Morgan fingerprint density at radius 3 is 2.75 bits per heavy atom. The van der Waals surface area contributed by atoms with Crippen LogP contribution in [0.15, 0.2) is 30.5 Å². The summed E-state index contributed by atoms with van der Waals surface area (Å²) in [5.74, 6) is 0. The van der Waals surface area contributed by atoms with Gasteiger partial charge in [0.25, 0.3) is 0 Å². The van der Waals surface area contributed by atoms with Crippen LogP contribution in [0.2, 0.25) is 5.02 Å². The van der Waals surface area contributed by atoms with Crippen molar-refractivity contribution in [2.75, 3.05) is 0 Å². The van der Waals surface area contributed by atoms with Gasteiger partial charge in [0.05, 0.1) is 6.10 Å². The molecule has 0 spiro atoms. The van der Waals surface area contributed by atoms with E-state index in [-0.39, 0.29) is 11.5 Å². The van der Waals surface area contributed by atoms with Crippen molar-refractivity contribution < 1.29 is 5.11 Å². The first-order valence-electron chi connectivity index (χ1n) is 7.02. The summed E-state index contributed by atoms with van der Waals surface area (Å²) >= 11 is 6.04. The maximum Gasteiger partial charge on any atom is 0.0812 e. The van der Waals surface area contributed by atoms with Gasteiger partial charge in [-0.15, -0.1) is 0 Å². The van der Waals surface area contributed by atoms with E-state index in [1.165, 1.54) is 5.69 Å². The largest absolute Gasteiger partial charge is 0.388 e. The second-order valence-electron chi connectivity index (χ2n) is 6.58. The van der Waals surface area contributed by atoms with Crippen molar-refractivity contribution in [3.8, 4) is 5.69 Å². The van der Waals surface area contributed by atoms with Crippen LogP contribution >= 0.6 is 11.6 Å². The molecule has 1 atom stereocenters. The molecule has 106 valence electrons. The standard InChI is InChI=1S/C17H20ClNO/c1-11-8-12(18)4-5-14(11)19-7-6-13-15(19)9-17(2,3)10-16(13)20/h4-8,16,20H,9-10H2,1-3H3. The van der Waals surface area contributed by atoms with Gasteiger partial charge in [-0.1, -0.05) is 25.4 Å². The van der Waals surface area contributed by atoms with E-state index in [1.54, 1.807) is 0 Å². The third-order valence-corrected chi connectivity index (χ3v) is 4.43. The summed E-state index contributed by atoms with van der Waals surface area (Å²) in [5, 5.41) is 11.1. The number of hydrogen-bond donors (Lipinski definition) is 1. The highest BCUT2D eigenvalue weighted by Crippen LogP contribution is 2.42. The number of benzene rings is 1. The number of fused-ring (bicyclic) bond motifs is 1. The van der Waals surface area contributed by atoms with Crippen molar-refractivity contribution >= 4 is 11.6 Å². The normalized spacial score (nSPS) is 20.8. The summed E-state index contributed by atoms with van der Waals surface area (Å²) in [6.07, 6.45) is 3.51. The summed E-state index contributed by atoms with van der Waals surface area (Å²) in [5.41, 5.74) is 4.70. The van der Waals surface area contributed by atoms with Crippen LogP contribution in [0, 0.1) is 12.3 Å². The van der Waals surface area contributed by atoms with Crippen LogP contribution in [0.1, 0.15) is 43.2 Å². The fourth-order valence-electron chi connectivity index (χ4n) is 3.24. The Labute approximate surface area is 125 Å². The first-order valence-corrected chi connectivity index (χ1v) is 7.40. The Morgan fingerprint density at radius 2 is 2.05 bits per heavy atom. The molecule has 1 aromatic heterocycles. The number of aryl methyl sites for hydroxylation is 1. The summed E-state index contributed by atoms with van der Waals surface area (Å²) < 4.78 is 2.20. The molecule has 0 saturated heterocycles. The molecule has 1 heterocycles. The lowest BCUT2D eigenvalue weighted by molar-refractivity contribution is 0.0987. The molecule has 1 aliphatic rings. The van der Waals surface area contributed by atoms with Gasteiger partial charge < -0.3 is 9.67 Å². The zero-order valence-corrected chi connectivity index (χ0v) is 12.9. The third-order valence-electron chi connectivity index (χ3n) is 4.20. The van der Waals surface area contributed by atoms with Crippen LogP contribution in [0.25, 0.3) is 5.69 Å². The maximum absolute atomic E-state index is 10.3. The minimum atomic E-state index is -0.359. The first kappa shape index (κ1) is 13.7. The number of halogens is 1. The molecule has 0 amide bonds. The van der Waals surface area contributed by atoms with Crippen LogP contribution in [0.3, 0.4) is 0 Å². The predicted octanol–water partition coefficient (Wildman–Crippen LogP) is 4.44. The maximum atomic E-state index is 10.3. The van der Waals surface area contributed by atoms with E-state index >= 15 is 0 Å². The highest BCUT2D eigenvalue weighted by Gasteiger charge is 2.33. The van der Waals surface area contributed by atoms with Gasteiger partial charge in [-0.2, -0.15) is 0 Å². The van der Waals surface area contributed by atoms with Crippen molar-refractivity contribution in [1.82, 2.24) is 4.57 Å². The third kappa shape index (κ3) is 2.27. The van der Waals surface area contributed by atoms with E-state index in [0.717, 1.165) is 34.7 Å². The van der Waals surface area contributed by atoms with Crippen molar-refractivity contribution in [2.24, 2.45) is 5.41 Å². The Kier molecular flexibility index (Phi) is 3.19. The molecule has 20 heavy (non-hydrogen) atoms. The Bertz CT molecular complexity index is 657. The molecule has 1 unspecified atom stereocenters. The molecular formula is C17H20ClNO. The molecule has 3 heteroatoms. The molecule has 2 nitrogen and oxygen atoms in total. The van der Waals surface area contributed by atoms with Gasteiger partial charge >= 0.3 is 0 Å². The Balaban J connectivity index is 2.13. The monoisotopic (exact) mass is 289 g/mol. The highest BCUT2D eigenvalue weighted by atomic mass is 35.5. The molecule has 2 aromatic rings. The zero-order chi connectivity index (χ0) is 14.5. The fraction of sp³-hybridized carbons (Fsp3) is 0.412. The van der Waals surface area contributed by atoms with Crippen LogP contribution in [0.5, 0.6) is 0 Å². The van der Waals surface area contributed by atoms with Crippen molar-refractivity contribution in [3.05, 3.63) is 52.3 Å². The minimum Gasteiger partial charge on any atom is -0.388 e. The fourth-order valence-corrected chi connectivity index (χ4v) is 3.47. The van der Waals surface area contributed by atoms with Crippen molar-refractivity contribution in [1.29, 1.82) is 0 Å². The number of rotatable bonds is 1. The molecule has 1 aliphatic carbocycles. The van der Waals surface area contributed by atoms with Gasteiger partial charge in [-0.3, -0.25) is 0 Å². The smallest absolute Gasteiger partial charge is 0.0812 e. The van der Waals surface area contributed by atoms with E-state index in [1.807, 2.05) is 24.3 Å². The number of aliphatic hydroxyl groups is 1. The molecule has 0 saturated carbocycles. The first-order chi connectivity index (χ1) is 9.37. The molecule has 3 rings (SSSR count). The number of aromatic nitrogens is 1. The highest BCUT2D eigenvalue weighted by molar-refractivity contribution is 6.30.